The molecule has 0 spiro atoms. The number of ether oxygens (including phenoxy) is 1. The second-order valence-electron chi connectivity index (χ2n) is 6.13. The molecule has 0 radical (unpaired) electrons. The number of benzene rings is 3. The van der Waals surface area contributed by atoms with E-state index < -0.39 is 11.9 Å². The Morgan fingerprint density at radius 2 is 1.11 bits per heavy atom. The van der Waals surface area contributed by atoms with Crippen LogP contribution in [-0.2, 0) is 14.3 Å². The van der Waals surface area contributed by atoms with Gasteiger partial charge in [0.25, 0.3) is 0 Å². The molecule has 0 aromatic heterocycles. The molecule has 130 valence electrons. The van der Waals surface area contributed by atoms with Crippen molar-refractivity contribution < 1.29 is 14.3 Å². The minimum absolute atomic E-state index is 0.272. The molecule has 3 heteroatoms. The summed E-state index contributed by atoms with van der Waals surface area (Å²) in [5.41, 5.74) is 3.79. The molecule has 0 aliphatic carbocycles. The van der Waals surface area contributed by atoms with Crippen molar-refractivity contribution in [1.82, 2.24) is 0 Å². The fourth-order valence-electron chi connectivity index (χ4n) is 3.15. The zero-order valence-corrected chi connectivity index (χ0v) is 14.5. The van der Waals surface area contributed by atoms with Gasteiger partial charge in [0.2, 0.25) is 0 Å². The SMILES string of the molecule is O=C1OC(=O)/C(=C/c2ccccc2)C1=C(c1ccccc1)c1ccccc1. The third-order valence-electron chi connectivity index (χ3n) is 4.36. The minimum Gasteiger partial charge on any atom is -0.386 e. The van der Waals surface area contributed by atoms with Crippen molar-refractivity contribution in [2.75, 3.05) is 0 Å². The number of hydrogen-bond donors (Lipinski definition) is 0. The molecule has 3 nitrogen and oxygen atoms in total. The van der Waals surface area contributed by atoms with Crippen LogP contribution in [0.15, 0.2) is 102 Å². The summed E-state index contributed by atoms with van der Waals surface area (Å²) < 4.78 is 4.98. The Morgan fingerprint density at radius 3 is 1.63 bits per heavy atom. The van der Waals surface area contributed by atoms with Crippen molar-refractivity contribution in [3.8, 4) is 0 Å². The smallest absolute Gasteiger partial charge is 0.347 e. The normalized spacial score (nSPS) is 15.1. The number of hydrogen-bond acceptors (Lipinski definition) is 3. The second kappa shape index (κ2) is 7.26. The highest BCUT2D eigenvalue weighted by molar-refractivity contribution is 6.24. The van der Waals surface area contributed by atoms with Gasteiger partial charge in [-0.1, -0.05) is 91.0 Å². The van der Waals surface area contributed by atoms with Crippen molar-refractivity contribution >= 4 is 23.6 Å². The largest absolute Gasteiger partial charge is 0.386 e. The van der Waals surface area contributed by atoms with Crippen molar-refractivity contribution in [2.24, 2.45) is 0 Å². The summed E-state index contributed by atoms with van der Waals surface area (Å²) in [5, 5.41) is 0. The summed E-state index contributed by atoms with van der Waals surface area (Å²) in [6, 6.07) is 28.6. The molecule has 1 saturated heterocycles. The lowest BCUT2D eigenvalue weighted by Crippen LogP contribution is -2.02. The Hall–Kier alpha value is -3.72. The highest BCUT2D eigenvalue weighted by Gasteiger charge is 2.36. The first-order valence-electron chi connectivity index (χ1n) is 8.63. The molecular formula is C24H16O3. The van der Waals surface area contributed by atoms with E-state index in [1.54, 1.807) is 6.08 Å². The third kappa shape index (κ3) is 3.35. The fourth-order valence-corrected chi connectivity index (χ4v) is 3.15. The molecule has 0 amide bonds. The van der Waals surface area contributed by atoms with Gasteiger partial charge in [-0.3, -0.25) is 0 Å². The first-order chi connectivity index (χ1) is 13.2. The van der Waals surface area contributed by atoms with E-state index in [-0.39, 0.29) is 5.57 Å². The predicted octanol–water partition coefficient (Wildman–Crippen LogP) is 4.66. The van der Waals surface area contributed by atoms with Crippen LogP contribution in [0.1, 0.15) is 16.7 Å². The van der Waals surface area contributed by atoms with Gasteiger partial charge in [-0.05, 0) is 22.8 Å². The van der Waals surface area contributed by atoms with Gasteiger partial charge < -0.3 is 4.74 Å². The summed E-state index contributed by atoms with van der Waals surface area (Å²) in [6.07, 6.45) is 1.70. The van der Waals surface area contributed by atoms with Crippen LogP contribution in [-0.4, -0.2) is 11.9 Å². The number of carbonyl (C=O) groups excluding carboxylic acids is 2. The molecule has 1 aliphatic rings. The van der Waals surface area contributed by atoms with Gasteiger partial charge in [0, 0.05) is 5.57 Å². The topological polar surface area (TPSA) is 43.4 Å². The zero-order valence-electron chi connectivity index (χ0n) is 14.5. The quantitative estimate of drug-likeness (QED) is 0.391. The maximum Gasteiger partial charge on any atom is 0.347 e. The van der Waals surface area contributed by atoms with E-state index in [0.29, 0.717) is 11.1 Å². The highest BCUT2D eigenvalue weighted by atomic mass is 16.6. The van der Waals surface area contributed by atoms with E-state index >= 15 is 0 Å². The van der Waals surface area contributed by atoms with Crippen LogP contribution in [0.4, 0.5) is 0 Å². The third-order valence-corrected chi connectivity index (χ3v) is 4.36. The molecule has 27 heavy (non-hydrogen) atoms. The Morgan fingerprint density at radius 1 is 0.630 bits per heavy atom. The molecule has 3 aromatic rings. The second-order valence-corrected chi connectivity index (χ2v) is 6.13. The molecule has 3 aromatic carbocycles. The lowest BCUT2D eigenvalue weighted by Gasteiger charge is -2.11. The monoisotopic (exact) mass is 352 g/mol. The van der Waals surface area contributed by atoms with Crippen molar-refractivity contribution in [2.45, 2.75) is 0 Å². The maximum atomic E-state index is 12.6. The first kappa shape index (κ1) is 16.7. The Bertz CT molecular complexity index is 1010. The van der Waals surface area contributed by atoms with E-state index in [4.69, 9.17) is 4.74 Å². The molecular weight excluding hydrogens is 336 g/mol. The van der Waals surface area contributed by atoms with E-state index in [9.17, 15) is 9.59 Å². The Labute approximate surface area is 157 Å². The number of carbonyl (C=O) groups is 2. The minimum atomic E-state index is -0.622. The predicted molar refractivity (Wildman–Crippen MR) is 104 cm³/mol. The van der Waals surface area contributed by atoms with E-state index in [1.807, 2.05) is 91.0 Å². The average molecular weight is 352 g/mol. The van der Waals surface area contributed by atoms with Gasteiger partial charge in [-0.15, -0.1) is 0 Å². The van der Waals surface area contributed by atoms with Crippen LogP contribution < -0.4 is 0 Å². The van der Waals surface area contributed by atoms with Crippen molar-refractivity contribution in [1.29, 1.82) is 0 Å². The molecule has 1 heterocycles. The van der Waals surface area contributed by atoms with Crippen LogP contribution >= 0.6 is 0 Å². The van der Waals surface area contributed by atoms with Crippen molar-refractivity contribution in [3.05, 3.63) is 119 Å². The lowest BCUT2D eigenvalue weighted by molar-refractivity contribution is -0.149. The van der Waals surface area contributed by atoms with Gasteiger partial charge in [0.1, 0.15) is 0 Å². The van der Waals surface area contributed by atoms with E-state index in [1.165, 1.54) is 0 Å². The van der Waals surface area contributed by atoms with Gasteiger partial charge in [-0.25, -0.2) is 9.59 Å². The number of cyclic esters (lactones) is 2. The molecule has 0 bridgehead atoms. The average Bonchev–Trinajstić information content (AvgIpc) is 2.98. The molecule has 1 aliphatic heterocycles. The Kier molecular flexibility index (Phi) is 4.50. The van der Waals surface area contributed by atoms with Gasteiger partial charge in [0.05, 0.1) is 11.1 Å². The summed E-state index contributed by atoms with van der Waals surface area (Å²) >= 11 is 0. The van der Waals surface area contributed by atoms with Gasteiger partial charge in [0.15, 0.2) is 0 Å². The standard InChI is InChI=1S/C24H16O3/c25-23-20(16-17-10-4-1-5-11-17)22(24(26)27-23)21(18-12-6-2-7-13-18)19-14-8-3-9-15-19/h1-16H/b20-16+. The van der Waals surface area contributed by atoms with Crippen LogP contribution in [0, 0.1) is 0 Å². The van der Waals surface area contributed by atoms with Gasteiger partial charge in [-0.2, -0.15) is 0 Å². The van der Waals surface area contributed by atoms with Crippen molar-refractivity contribution in [3.63, 3.8) is 0 Å². The number of rotatable bonds is 3. The fraction of sp³-hybridized carbons (Fsp3) is 0. The highest BCUT2D eigenvalue weighted by Crippen LogP contribution is 2.35. The molecule has 4 rings (SSSR count). The van der Waals surface area contributed by atoms with Crippen LogP contribution in [0.2, 0.25) is 0 Å². The summed E-state index contributed by atoms with van der Waals surface area (Å²) in [5.74, 6) is -1.24. The first-order valence-corrected chi connectivity index (χ1v) is 8.63. The maximum absolute atomic E-state index is 12.6. The Balaban J connectivity index is 2.00. The molecule has 0 saturated carbocycles. The summed E-state index contributed by atoms with van der Waals surface area (Å²) in [7, 11) is 0. The lowest BCUT2D eigenvalue weighted by atomic mass is 9.89. The summed E-state index contributed by atoms with van der Waals surface area (Å²) in [6.45, 7) is 0. The van der Waals surface area contributed by atoms with Crippen LogP contribution in [0.5, 0.6) is 0 Å². The van der Waals surface area contributed by atoms with E-state index in [0.717, 1.165) is 16.7 Å². The molecule has 0 atom stereocenters. The molecule has 0 unspecified atom stereocenters. The molecule has 1 fully saturated rings. The van der Waals surface area contributed by atoms with Crippen LogP contribution in [0.3, 0.4) is 0 Å². The van der Waals surface area contributed by atoms with Gasteiger partial charge >= 0.3 is 11.9 Å². The molecule has 0 N–H and O–H groups in total. The summed E-state index contributed by atoms with van der Waals surface area (Å²) in [4.78, 5) is 25.1. The van der Waals surface area contributed by atoms with Crippen LogP contribution in [0.25, 0.3) is 11.6 Å². The zero-order chi connectivity index (χ0) is 18.6. The van der Waals surface area contributed by atoms with E-state index in [2.05, 4.69) is 0 Å². The number of esters is 2.